The fraction of sp³-hybridized carbons (Fsp3) is 0.800. The van der Waals surface area contributed by atoms with Crippen molar-refractivity contribution < 1.29 is 4.84 Å². The molecular weight excluding hydrogens is 184 g/mol. The van der Waals surface area contributed by atoms with Gasteiger partial charge in [-0.1, -0.05) is 5.16 Å². The van der Waals surface area contributed by atoms with E-state index in [0.717, 1.165) is 17.7 Å². The summed E-state index contributed by atoms with van der Waals surface area (Å²) in [5.41, 5.74) is 0. The molecule has 0 aromatic rings. The van der Waals surface area contributed by atoms with Crippen molar-refractivity contribution in [2.75, 3.05) is 13.1 Å². The third-order valence-corrected chi connectivity index (χ3v) is 2.47. The molecule has 2 atom stereocenters. The van der Waals surface area contributed by atoms with E-state index in [4.69, 9.17) is 4.84 Å². The van der Waals surface area contributed by atoms with Gasteiger partial charge in [0.25, 0.3) is 0 Å². The van der Waals surface area contributed by atoms with Crippen LogP contribution in [-0.2, 0) is 4.84 Å². The highest BCUT2D eigenvalue weighted by Gasteiger charge is 2.36. The van der Waals surface area contributed by atoms with Crippen molar-refractivity contribution in [1.29, 1.82) is 0 Å². The van der Waals surface area contributed by atoms with E-state index in [1.54, 1.807) is 0 Å². The number of oxime groups is 1. The van der Waals surface area contributed by atoms with E-state index in [1.165, 1.54) is 0 Å². The van der Waals surface area contributed by atoms with Crippen molar-refractivity contribution in [3.63, 3.8) is 0 Å². The van der Waals surface area contributed by atoms with Crippen molar-refractivity contribution in [3.8, 4) is 0 Å². The summed E-state index contributed by atoms with van der Waals surface area (Å²) >= 11 is 3.33. The number of halogens is 1. The van der Waals surface area contributed by atoms with Crippen LogP contribution in [0.2, 0.25) is 0 Å². The molecule has 2 rings (SSSR count). The van der Waals surface area contributed by atoms with Crippen molar-refractivity contribution in [2.45, 2.75) is 6.10 Å². The number of nitrogens with one attached hydrogen (secondary N) is 1. The quantitative estimate of drug-likeness (QED) is 0.597. The van der Waals surface area contributed by atoms with Gasteiger partial charge in [0, 0.05) is 13.1 Å². The van der Waals surface area contributed by atoms with Crippen molar-refractivity contribution in [2.24, 2.45) is 11.1 Å². The van der Waals surface area contributed by atoms with Gasteiger partial charge in [-0.2, -0.15) is 0 Å². The molecule has 3 nitrogen and oxygen atoms in total. The van der Waals surface area contributed by atoms with Crippen LogP contribution < -0.4 is 5.32 Å². The molecule has 4 heteroatoms. The summed E-state index contributed by atoms with van der Waals surface area (Å²) in [4.78, 5) is 5.07. The molecule has 2 heterocycles. The Labute approximate surface area is 61.6 Å². The molecule has 50 valence electrons. The lowest BCUT2D eigenvalue weighted by Gasteiger charge is -2.01. The normalized spacial score (nSPS) is 39.9. The zero-order chi connectivity index (χ0) is 6.27. The fourth-order valence-corrected chi connectivity index (χ4v) is 1.73. The first kappa shape index (κ1) is 5.68. The van der Waals surface area contributed by atoms with E-state index in [2.05, 4.69) is 26.4 Å². The maximum absolute atomic E-state index is 5.07. The van der Waals surface area contributed by atoms with E-state index in [0.29, 0.717) is 12.0 Å². The minimum atomic E-state index is 0.291. The molecule has 0 aliphatic carbocycles. The lowest BCUT2D eigenvalue weighted by atomic mass is 10.1. The highest BCUT2D eigenvalue weighted by atomic mass is 79.9. The third kappa shape index (κ3) is 0.773. The van der Waals surface area contributed by atoms with Crippen molar-refractivity contribution in [3.05, 3.63) is 0 Å². The van der Waals surface area contributed by atoms with Gasteiger partial charge in [-0.25, -0.2) is 0 Å². The molecule has 0 aromatic heterocycles. The molecule has 9 heavy (non-hydrogen) atoms. The maximum Gasteiger partial charge on any atom is 0.150 e. The Bertz CT molecular complexity index is 159. The Morgan fingerprint density at radius 2 is 2.56 bits per heavy atom. The summed E-state index contributed by atoms with van der Waals surface area (Å²) in [5.74, 6) is 0.477. The molecule has 0 bridgehead atoms. The van der Waals surface area contributed by atoms with E-state index in [1.807, 2.05) is 0 Å². The Morgan fingerprint density at radius 3 is 3.33 bits per heavy atom. The van der Waals surface area contributed by atoms with E-state index in [9.17, 15) is 0 Å². The van der Waals surface area contributed by atoms with Crippen LogP contribution in [0.15, 0.2) is 5.16 Å². The second-order valence-electron chi connectivity index (χ2n) is 2.32. The van der Waals surface area contributed by atoms with Crippen LogP contribution in [0.5, 0.6) is 0 Å². The average molecular weight is 191 g/mol. The van der Waals surface area contributed by atoms with Gasteiger partial charge >= 0.3 is 0 Å². The fourth-order valence-electron chi connectivity index (χ4n) is 1.19. The molecule has 2 aliphatic heterocycles. The molecule has 2 aliphatic rings. The van der Waals surface area contributed by atoms with Gasteiger partial charge < -0.3 is 10.2 Å². The number of nitrogens with zero attached hydrogens (tertiary/aromatic N) is 1. The van der Waals surface area contributed by atoms with Crippen LogP contribution in [0.25, 0.3) is 0 Å². The van der Waals surface area contributed by atoms with Crippen LogP contribution in [0, 0.1) is 5.92 Å². The van der Waals surface area contributed by atoms with Crippen LogP contribution >= 0.6 is 15.9 Å². The predicted molar refractivity (Wildman–Crippen MR) is 37.6 cm³/mol. The van der Waals surface area contributed by atoms with Crippen molar-refractivity contribution in [1.82, 2.24) is 5.32 Å². The van der Waals surface area contributed by atoms with Gasteiger partial charge in [-0.05, 0) is 15.9 Å². The van der Waals surface area contributed by atoms with E-state index in [-0.39, 0.29) is 0 Å². The van der Waals surface area contributed by atoms with Gasteiger partial charge in [-0.3, -0.25) is 0 Å². The molecule has 1 N–H and O–H groups in total. The van der Waals surface area contributed by atoms with E-state index < -0.39 is 0 Å². The summed E-state index contributed by atoms with van der Waals surface area (Å²) in [5, 5.41) is 7.03. The van der Waals surface area contributed by atoms with Crippen LogP contribution in [0.4, 0.5) is 0 Å². The second kappa shape index (κ2) is 1.95. The lowest BCUT2D eigenvalue weighted by Crippen LogP contribution is -2.17. The molecule has 0 saturated carbocycles. The highest BCUT2D eigenvalue weighted by Crippen LogP contribution is 2.24. The Hall–Kier alpha value is -0.0900. The number of rotatable bonds is 0. The molecule has 0 aromatic carbocycles. The molecule has 0 radical (unpaired) electrons. The Kier molecular flexibility index (Phi) is 1.23. The number of hydrogen-bond acceptors (Lipinski definition) is 3. The molecule has 0 spiro atoms. The van der Waals surface area contributed by atoms with Gasteiger partial charge in [0.2, 0.25) is 0 Å². The third-order valence-electron chi connectivity index (χ3n) is 1.74. The predicted octanol–water partition coefficient (Wildman–Crippen LogP) is 0.313. The largest absolute Gasteiger partial charge is 0.390 e. The van der Waals surface area contributed by atoms with Crippen LogP contribution in [0.1, 0.15) is 0 Å². The van der Waals surface area contributed by atoms with E-state index >= 15 is 0 Å². The SMILES string of the molecule is BrC1=NO[C@@H]2CNC[C@H]12. The van der Waals surface area contributed by atoms with Gasteiger partial charge in [-0.15, -0.1) is 0 Å². The Balaban J connectivity index is 2.16. The minimum absolute atomic E-state index is 0.291. The lowest BCUT2D eigenvalue weighted by molar-refractivity contribution is 0.0842. The molecule has 0 unspecified atom stereocenters. The second-order valence-corrected chi connectivity index (χ2v) is 3.14. The monoisotopic (exact) mass is 190 g/mol. The number of fused-ring (bicyclic) bond motifs is 1. The molecule has 1 fully saturated rings. The summed E-state index contributed by atoms with van der Waals surface area (Å²) in [6, 6.07) is 0. The standard InChI is InChI=1S/C5H7BrN2O/c6-5-3-1-7-2-4(3)9-8-5/h3-4,7H,1-2H2/t3-,4+/m0/s1. The molecule has 0 amide bonds. The zero-order valence-electron chi connectivity index (χ0n) is 4.80. The van der Waals surface area contributed by atoms with Crippen LogP contribution in [0.3, 0.4) is 0 Å². The zero-order valence-corrected chi connectivity index (χ0v) is 6.39. The summed E-state index contributed by atoms with van der Waals surface area (Å²) in [6.45, 7) is 1.93. The summed E-state index contributed by atoms with van der Waals surface area (Å²) < 4.78 is 0.956. The first-order valence-corrected chi connectivity index (χ1v) is 3.77. The first-order valence-electron chi connectivity index (χ1n) is 2.98. The highest BCUT2D eigenvalue weighted by molar-refractivity contribution is 9.18. The minimum Gasteiger partial charge on any atom is -0.390 e. The van der Waals surface area contributed by atoms with Crippen LogP contribution in [-0.4, -0.2) is 23.8 Å². The van der Waals surface area contributed by atoms with Gasteiger partial charge in [0.15, 0.2) is 0 Å². The van der Waals surface area contributed by atoms with Gasteiger partial charge in [0.1, 0.15) is 10.7 Å². The van der Waals surface area contributed by atoms with Gasteiger partial charge in [0.05, 0.1) is 5.92 Å². The molecule has 1 saturated heterocycles. The average Bonchev–Trinajstić information content (AvgIpc) is 2.35. The maximum atomic E-state index is 5.07. The Morgan fingerprint density at radius 1 is 1.67 bits per heavy atom. The van der Waals surface area contributed by atoms with Crippen molar-refractivity contribution >= 4 is 20.6 Å². The topological polar surface area (TPSA) is 33.6 Å². The number of hydrogen-bond donors (Lipinski definition) is 1. The summed E-state index contributed by atoms with van der Waals surface area (Å²) in [6.07, 6.45) is 0.291. The molecular formula is C5H7BrN2O. The first-order chi connectivity index (χ1) is 4.38. The smallest absolute Gasteiger partial charge is 0.150 e. The summed E-state index contributed by atoms with van der Waals surface area (Å²) in [7, 11) is 0.